The van der Waals surface area contributed by atoms with Crippen LogP contribution in [0.3, 0.4) is 0 Å². The number of para-hydroxylation sites is 1. The first-order valence-electron chi connectivity index (χ1n) is 13.4. The van der Waals surface area contributed by atoms with Crippen molar-refractivity contribution in [3.63, 3.8) is 0 Å². The van der Waals surface area contributed by atoms with Crippen molar-refractivity contribution in [3.05, 3.63) is 126 Å². The van der Waals surface area contributed by atoms with Gasteiger partial charge < -0.3 is 10.1 Å². The van der Waals surface area contributed by atoms with Gasteiger partial charge in [-0.05, 0) is 54.4 Å². The zero-order valence-electron chi connectivity index (χ0n) is 22.4. The van der Waals surface area contributed by atoms with E-state index < -0.39 is 10.0 Å². The molecular weight excluding hydrogens is 522 g/mol. The van der Waals surface area contributed by atoms with Crippen molar-refractivity contribution in [1.82, 2.24) is 9.21 Å². The van der Waals surface area contributed by atoms with Crippen LogP contribution in [0.5, 0.6) is 5.75 Å². The van der Waals surface area contributed by atoms with Gasteiger partial charge in [-0.1, -0.05) is 72.8 Å². The second kappa shape index (κ2) is 12.5. The number of rotatable bonds is 9. The molecule has 1 saturated heterocycles. The average molecular weight is 556 g/mol. The molecule has 0 unspecified atom stereocenters. The lowest BCUT2D eigenvalue weighted by atomic mass is 9.96. The lowest BCUT2D eigenvalue weighted by molar-refractivity contribution is 0.102. The van der Waals surface area contributed by atoms with Crippen molar-refractivity contribution in [2.24, 2.45) is 0 Å². The Balaban J connectivity index is 1.26. The van der Waals surface area contributed by atoms with Crippen LogP contribution < -0.4 is 10.1 Å². The fraction of sp³-hybridized carbons (Fsp3) is 0.219. The van der Waals surface area contributed by atoms with Crippen LogP contribution in [0, 0.1) is 0 Å². The summed E-state index contributed by atoms with van der Waals surface area (Å²) in [4.78, 5) is 15.4. The summed E-state index contributed by atoms with van der Waals surface area (Å²) in [5.41, 5.74) is 3.30. The highest BCUT2D eigenvalue weighted by atomic mass is 32.2. The van der Waals surface area contributed by atoms with Crippen LogP contribution >= 0.6 is 0 Å². The third-order valence-corrected chi connectivity index (χ3v) is 8.96. The van der Waals surface area contributed by atoms with Crippen molar-refractivity contribution in [2.75, 3.05) is 38.1 Å². The fourth-order valence-corrected chi connectivity index (χ4v) is 6.50. The molecule has 5 rings (SSSR count). The average Bonchev–Trinajstić information content (AvgIpc) is 2.99. The molecular formula is C32H33N3O4S. The summed E-state index contributed by atoms with van der Waals surface area (Å²) >= 11 is 0. The highest BCUT2D eigenvalue weighted by Gasteiger charge is 2.32. The van der Waals surface area contributed by atoms with Gasteiger partial charge in [0.05, 0.1) is 23.1 Å². The first-order valence-corrected chi connectivity index (χ1v) is 14.9. The van der Waals surface area contributed by atoms with E-state index in [2.05, 4.69) is 34.5 Å². The summed E-state index contributed by atoms with van der Waals surface area (Å²) in [7, 11) is -3.68. The van der Waals surface area contributed by atoms with E-state index in [9.17, 15) is 13.2 Å². The molecule has 0 bridgehead atoms. The second-order valence-electron chi connectivity index (χ2n) is 9.57. The van der Waals surface area contributed by atoms with Gasteiger partial charge in [-0.2, -0.15) is 4.31 Å². The first-order chi connectivity index (χ1) is 19.5. The molecule has 1 heterocycles. The van der Waals surface area contributed by atoms with Crippen molar-refractivity contribution in [2.45, 2.75) is 17.9 Å². The molecule has 0 saturated carbocycles. The maximum absolute atomic E-state index is 13.5. The molecule has 0 radical (unpaired) electrons. The van der Waals surface area contributed by atoms with Crippen LogP contribution in [0.2, 0.25) is 0 Å². The molecule has 0 spiro atoms. The molecule has 4 aromatic carbocycles. The quantitative estimate of drug-likeness (QED) is 0.298. The number of hydrogen-bond donors (Lipinski definition) is 1. The Labute approximate surface area is 236 Å². The van der Waals surface area contributed by atoms with Gasteiger partial charge in [0, 0.05) is 31.9 Å². The molecule has 4 aromatic rings. The zero-order chi connectivity index (χ0) is 28.0. The maximum Gasteiger partial charge on any atom is 0.259 e. The van der Waals surface area contributed by atoms with E-state index in [0.29, 0.717) is 49.8 Å². The molecule has 1 N–H and O–H groups in total. The summed E-state index contributed by atoms with van der Waals surface area (Å²) in [6.07, 6.45) is 0. The summed E-state index contributed by atoms with van der Waals surface area (Å²) < 4.78 is 34.1. The number of nitrogens with zero attached hydrogens (tertiary/aromatic N) is 2. The molecule has 0 aromatic heterocycles. The van der Waals surface area contributed by atoms with Crippen LogP contribution in [-0.2, 0) is 10.0 Å². The smallest absolute Gasteiger partial charge is 0.259 e. The van der Waals surface area contributed by atoms with Crippen LogP contribution in [0.25, 0.3) is 0 Å². The first kappa shape index (κ1) is 27.6. The van der Waals surface area contributed by atoms with E-state index in [0.717, 1.165) is 0 Å². The van der Waals surface area contributed by atoms with Crippen molar-refractivity contribution < 1.29 is 17.9 Å². The lowest BCUT2D eigenvalue weighted by Crippen LogP contribution is -2.49. The predicted octanol–water partition coefficient (Wildman–Crippen LogP) is 5.43. The van der Waals surface area contributed by atoms with Gasteiger partial charge in [0.25, 0.3) is 5.91 Å². The van der Waals surface area contributed by atoms with Gasteiger partial charge in [0.2, 0.25) is 10.0 Å². The highest BCUT2D eigenvalue weighted by Crippen LogP contribution is 2.30. The van der Waals surface area contributed by atoms with Gasteiger partial charge >= 0.3 is 0 Å². The molecule has 8 heteroatoms. The van der Waals surface area contributed by atoms with Crippen LogP contribution in [0.1, 0.15) is 34.5 Å². The van der Waals surface area contributed by atoms with Gasteiger partial charge in [-0.15, -0.1) is 0 Å². The van der Waals surface area contributed by atoms with Gasteiger partial charge in [0.15, 0.2) is 0 Å². The van der Waals surface area contributed by atoms with Crippen molar-refractivity contribution >= 4 is 21.6 Å². The molecule has 206 valence electrons. The highest BCUT2D eigenvalue weighted by molar-refractivity contribution is 7.89. The third kappa shape index (κ3) is 6.09. The zero-order valence-corrected chi connectivity index (χ0v) is 23.3. The SMILES string of the molecule is CCOc1ccccc1C(=O)Nc1ccc(S(=O)(=O)N2CCN(C(c3ccccc3)c3ccccc3)CC2)cc1. The summed E-state index contributed by atoms with van der Waals surface area (Å²) in [5.74, 6) is 0.185. The Morgan fingerprint density at radius 3 is 1.90 bits per heavy atom. The van der Waals surface area contributed by atoms with E-state index >= 15 is 0 Å². The fourth-order valence-electron chi connectivity index (χ4n) is 5.08. The van der Waals surface area contributed by atoms with E-state index in [-0.39, 0.29) is 16.8 Å². The Morgan fingerprint density at radius 1 is 0.775 bits per heavy atom. The van der Waals surface area contributed by atoms with Crippen LogP contribution in [-0.4, -0.2) is 56.3 Å². The molecule has 40 heavy (non-hydrogen) atoms. The summed E-state index contributed by atoms with van der Waals surface area (Å²) in [6.45, 7) is 4.32. The molecule has 0 atom stereocenters. The van der Waals surface area contributed by atoms with Gasteiger partial charge in [0.1, 0.15) is 5.75 Å². The van der Waals surface area contributed by atoms with E-state index in [1.54, 1.807) is 46.8 Å². The predicted molar refractivity (Wildman–Crippen MR) is 157 cm³/mol. The van der Waals surface area contributed by atoms with Crippen molar-refractivity contribution in [1.29, 1.82) is 0 Å². The topological polar surface area (TPSA) is 78.9 Å². The van der Waals surface area contributed by atoms with Crippen LogP contribution in [0.15, 0.2) is 114 Å². The lowest BCUT2D eigenvalue weighted by Gasteiger charge is -2.39. The van der Waals surface area contributed by atoms with E-state index in [1.165, 1.54) is 11.1 Å². The minimum atomic E-state index is -3.68. The number of sulfonamides is 1. The Hall–Kier alpha value is -3.98. The molecule has 1 aliphatic heterocycles. The largest absolute Gasteiger partial charge is 0.493 e. The number of carbonyl (C=O) groups is 1. The molecule has 1 amide bonds. The molecule has 7 nitrogen and oxygen atoms in total. The number of ether oxygens (including phenoxy) is 1. The minimum absolute atomic E-state index is 0.0583. The number of hydrogen-bond acceptors (Lipinski definition) is 5. The summed E-state index contributed by atoms with van der Waals surface area (Å²) in [6, 6.07) is 34.1. The van der Waals surface area contributed by atoms with E-state index in [4.69, 9.17) is 4.74 Å². The minimum Gasteiger partial charge on any atom is -0.493 e. The van der Waals surface area contributed by atoms with Gasteiger partial charge in [-0.3, -0.25) is 9.69 Å². The normalized spacial score (nSPS) is 14.7. The number of anilines is 1. The molecule has 1 aliphatic rings. The number of carbonyl (C=O) groups excluding carboxylic acids is 1. The number of amides is 1. The molecule has 1 fully saturated rings. The summed E-state index contributed by atoms with van der Waals surface area (Å²) in [5, 5.41) is 2.83. The van der Waals surface area contributed by atoms with E-state index in [1.807, 2.05) is 49.4 Å². The van der Waals surface area contributed by atoms with Crippen LogP contribution in [0.4, 0.5) is 5.69 Å². The maximum atomic E-state index is 13.5. The standard InChI is InChI=1S/C32H33N3O4S/c1-2-39-30-16-10-9-15-29(30)32(36)33-27-17-19-28(20-18-27)40(37,38)35-23-21-34(22-24-35)31(25-11-5-3-6-12-25)26-13-7-4-8-14-26/h3-20,31H,2,21-24H2,1H3,(H,33,36). The van der Waals surface area contributed by atoms with Gasteiger partial charge in [-0.25, -0.2) is 8.42 Å². The Kier molecular flexibility index (Phi) is 8.60. The second-order valence-corrected chi connectivity index (χ2v) is 11.5. The monoisotopic (exact) mass is 555 g/mol. The number of piperazine rings is 1. The number of benzene rings is 4. The van der Waals surface area contributed by atoms with Crippen molar-refractivity contribution in [3.8, 4) is 5.75 Å². The molecule has 0 aliphatic carbocycles. The number of nitrogens with one attached hydrogen (secondary N) is 1. The Bertz CT molecular complexity index is 1480. The third-order valence-electron chi connectivity index (χ3n) is 7.05. The Morgan fingerprint density at radius 2 is 1.32 bits per heavy atom.